The van der Waals surface area contributed by atoms with Gasteiger partial charge in [-0.25, -0.2) is 10.1 Å². The van der Waals surface area contributed by atoms with Crippen LogP contribution < -0.4 is 14.9 Å². The molecule has 0 spiro atoms. The third-order valence-corrected chi connectivity index (χ3v) is 5.24. The Bertz CT molecular complexity index is 1280. The number of hydrogen-bond donors (Lipinski definition) is 1. The van der Waals surface area contributed by atoms with E-state index in [4.69, 9.17) is 14.6 Å². The van der Waals surface area contributed by atoms with Crippen LogP contribution in [0.3, 0.4) is 0 Å². The Morgan fingerprint density at radius 3 is 2.29 bits per heavy atom. The minimum absolute atomic E-state index is 0.360. The predicted molar refractivity (Wildman–Crippen MR) is 133 cm³/mol. The summed E-state index contributed by atoms with van der Waals surface area (Å²) in [5.41, 5.74) is 6.93. The lowest BCUT2D eigenvalue weighted by atomic mass is 10.1. The van der Waals surface area contributed by atoms with Gasteiger partial charge in [-0.2, -0.15) is 10.2 Å². The lowest BCUT2D eigenvalue weighted by molar-refractivity contribution is 0.0947. The van der Waals surface area contributed by atoms with Crippen LogP contribution in [0.4, 0.5) is 0 Å². The molecule has 1 heterocycles. The number of ether oxygens (including phenoxy) is 2. The molecule has 0 unspecified atom stereocenters. The number of hydrogen-bond acceptors (Lipinski definition) is 5. The van der Waals surface area contributed by atoms with E-state index in [9.17, 15) is 4.79 Å². The third kappa shape index (κ3) is 5.15. The topological polar surface area (TPSA) is 77.7 Å². The van der Waals surface area contributed by atoms with E-state index in [1.165, 1.54) is 0 Å². The lowest BCUT2D eigenvalue weighted by Crippen LogP contribution is -2.22. The minimum atomic E-state index is -0.360. The number of aromatic nitrogens is 2. The Morgan fingerprint density at radius 1 is 0.971 bits per heavy atom. The van der Waals surface area contributed by atoms with Crippen molar-refractivity contribution in [2.75, 3.05) is 13.7 Å². The van der Waals surface area contributed by atoms with Crippen LogP contribution in [0.5, 0.6) is 11.5 Å². The van der Waals surface area contributed by atoms with E-state index in [1.54, 1.807) is 17.9 Å². The van der Waals surface area contributed by atoms with E-state index >= 15 is 0 Å². The zero-order chi connectivity index (χ0) is 23.9. The fourth-order valence-electron chi connectivity index (χ4n) is 3.43. The van der Waals surface area contributed by atoms with E-state index in [0.717, 1.165) is 28.3 Å². The van der Waals surface area contributed by atoms with Crippen LogP contribution in [0.15, 0.2) is 90.0 Å². The van der Waals surface area contributed by atoms with Gasteiger partial charge in [-0.15, -0.1) is 0 Å². The molecule has 0 fully saturated rings. The summed E-state index contributed by atoms with van der Waals surface area (Å²) >= 11 is 0. The molecule has 0 atom stereocenters. The number of methoxy groups -OCH3 is 1. The highest BCUT2D eigenvalue weighted by Crippen LogP contribution is 2.24. The molecule has 0 aliphatic heterocycles. The predicted octanol–water partition coefficient (Wildman–Crippen LogP) is 5.10. The second-order valence-corrected chi connectivity index (χ2v) is 7.49. The Hall–Kier alpha value is -4.39. The smallest absolute Gasteiger partial charge is 0.290 e. The molecule has 7 nitrogen and oxygen atoms in total. The molecule has 0 aliphatic carbocycles. The second-order valence-electron chi connectivity index (χ2n) is 7.49. The van der Waals surface area contributed by atoms with Crippen molar-refractivity contribution >= 4 is 11.6 Å². The molecule has 0 bridgehead atoms. The van der Waals surface area contributed by atoms with Crippen LogP contribution in [0.2, 0.25) is 0 Å². The van der Waals surface area contributed by atoms with Crippen molar-refractivity contribution in [3.63, 3.8) is 0 Å². The summed E-state index contributed by atoms with van der Waals surface area (Å²) in [5, 5.41) is 9.00. The van der Waals surface area contributed by atoms with E-state index in [-0.39, 0.29) is 5.91 Å². The monoisotopic (exact) mass is 454 g/mol. The fraction of sp³-hybridized carbons (Fsp3) is 0.148. The Kier molecular flexibility index (Phi) is 7.03. The number of benzene rings is 3. The van der Waals surface area contributed by atoms with Gasteiger partial charge in [0.25, 0.3) is 5.91 Å². The van der Waals surface area contributed by atoms with Crippen LogP contribution >= 0.6 is 0 Å². The van der Waals surface area contributed by atoms with Gasteiger partial charge in [-0.05, 0) is 86.1 Å². The maximum absolute atomic E-state index is 13.1. The van der Waals surface area contributed by atoms with Crippen LogP contribution in [0, 0.1) is 0 Å². The molecular formula is C27H26N4O3. The zero-order valence-electron chi connectivity index (χ0n) is 19.4. The number of para-hydroxylation sites is 1. The van der Waals surface area contributed by atoms with Gasteiger partial charge in [0.15, 0.2) is 0 Å². The molecule has 0 saturated heterocycles. The van der Waals surface area contributed by atoms with Crippen molar-refractivity contribution in [2.24, 2.45) is 5.10 Å². The fourth-order valence-corrected chi connectivity index (χ4v) is 3.43. The van der Waals surface area contributed by atoms with Gasteiger partial charge in [0.2, 0.25) is 0 Å². The first-order chi connectivity index (χ1) is 16.6. The molecule has 172 valence electrons. The molecule has 1 aromatic heterocycles. The van der Waals surface area contributed by atoms with Gasteiger partial charge in [-0.1, -0.05) is 18.2 Å². The molecule has 4 rings (SSSR count). The Balaban J connectivity index is 1.61. The summed E-state index contributed by atoms with van der Waals surface area (Å²) < 4.78 is 12.3. The van der Waals surface area contributed by atoms with Gasteiger partial charge in [0, 0.05) is 5.56 Å². The van der Waals surface area contributed by atoms with Crippen LogP contribution in [0.1, 0.15) is 29.9 Å². The van der Waals surface area contributed by atoms with Crippen molar-refractivity contribution in [1.82, 2.24) is 15.2 Å². The molecule has 3 aromatic carbocycles. The van der Waals surface area contributed by atoms with Crippen molar-refractivity contribution in [3.8, 4) is 28.4 Å². The summed E-state index contributed by atoms with van der Waals surface area (Å²) in [7, 11) is 1.62. The van der Waals surface area contributed by atoms with Crippen molar-refractivity contribution in [3.05, 3.63) is 96.2 Å². The molecule has 0 radical (unpaired) electrons. The van der Waals surface area contributed by atoms with E-state index < -0.39 is 0 Å². The second kappa shape index (κ2) is 10.5. The number of carbonyl (C=O) groups excluding carboxylic acids is 1. The molecule has 4 aromatic rings. The number of hydrazone groups is 1. The summed E-state index contributed by atoms with van der Waals surface area (Å²) in [6.45, 7) is 4.39. The van der Waals surface area contributed by atoms with Gasteiger partial charge < -0.3 is 9.47 Å². The standard InChI is InChI=1S/C27H26N4O3/c1-4-34-24-16-10-20(11-17-24)19(2)28-29-27(32)26-18-25(21-12-14-23(33-3)15-13-21)30-31(26)22-8-6-5-7-9-22/h5-18H,4H2,1-3H3,(H,29,32). The van der Waals surface area contributed by atoms with Gasteiger partial charge in [-0.3, -0.25) is 4.79 Å². The number of amides is 1. The highest BCUT2D eigenvalue weighted by molar-refractivity contribution is 6.01. The van der Waals surface area contributed by atoms with Gasteiger partial charge in [0.1, 0.15) is 17.2 Å². The highest BCUT2D eigenvalue weighted by Gasteiger charge is 2.18. The molecule has 0 aliphatic rings. The first-order valence-corrected chi connectivity index (χ1v) is 11.0. The zero-order valence-corrected chi connectivity index (χ0v) is 19.4. The van der Waals surface area contributed by atoms with E-state index in [1.807, 2.05) is 92.7 Å². The van der Waals surface area contributed by atoms with Gasteiger partial charge >= 0.3 is 0 Å². The molecule has 0 saturated carbocycles. The lowest BCUT2D eigenvalue weighted by Gasteiger charge is -2.07. The van der Waals surface area contributed by atoms with E-state index in [0.29, 0.717) is 23.7 Å². The Labute approximate surface area is 198 Å². The normalized spacial score (nSPS) is 11.2. The average molecular weight is 455 g/mol. The van der Waals surface area contributed by atoms with Crippen LogP contribution in [-0.4, -0.2) is 35.1 Å². The number of nitrogens with zero attached hydrogens (tertiary/aromatic N) is 3. The summed E-state index contributed by atoms with van der Waals surface area (Å²) in [6.07, 6.45) is 0. The summed E-state index contributed by atoms with van der Waals surface area (Å²) in [5.74, 6) is 1.19. The summed E-state index contributed by atoms with van der Waals surface area (Å²) in [4.78, 5) is 13.1. The van der Waals surface area contributed by atoms with Crippen molar-refractivity contribution < 1.29 is 14.3 Å². The van der Waals surface area contributed by atoms with Crippen molar-refractivity contribution in [2.45, 2.75) is 13.8 Å². The van der Waals surface area contributed by atoms with E-state index in [2.05, 4.69) is 10.5 Å². The molecule has 7 heteroatoms. The highest BCUT2D eigenvalue weighted by atomic mass is 16.5. The number of nitrogens with one attached hydrogen (secondary N) is 1. The quantitative estimate of drug-likeness (QED) is 0.297. The molecule has 1 amide bonds. The van der Waals surface area contributed by atoms with Crippen LogP contribution in [-0.2, 0) is 0 Å². The first-order valence-electron chi connectivity index (χ1n) is 11.0. The third-order valence-electron chi connectivity index (χ3n) is 5.24. The van der Waals surface area contributed by atoms with Crippen LogP contribution in [0.25, 0.3) is 16.9 Å². The average Bonchev–Trinajstić information content (AvgIpc) is 3.34. The SMILES string of the molecule is CCOc1ccc(C(C)=NNC(=O)c2cc(-c3ccc(OC)cc3)nn2-c2ccccc2)cc1. The van der Waals surface area contributed by atoms with Gasteiger partial charge in [0.05, 0.1) is 30.8 Å². The largest absolute Gasteiger partial charge is 0.497 e. The van der Waals surface area contributed by atoms with Crippen molar-refractivity contribution in [1.29, 1.82) is 0 Å². The first kappa shape index (κ1) is 22.8. The Morgan fingerprint density at radius 2 is 1.65 bits per heavy atom. The maximum atomic E-state index is 13.1. The summed E-state index contributed by atoms with van der Waals surface area (Å²) in [6, 6.07) is 26.4. The molecule has 1 N–H and O–H groups in total. The number of rotatable bonds is 8. The molecule has 34 heavy (non-hydrogen) atoms. The molecular weight excluding hydrogens is 428 g/mol. The maximum Gasteiger partial charge on any atom is 0.290 e. The number of carbonyl (C=O) groups is 1. The minimum Gasteiger partial charge on any atom is -0.497 e.